The highest BCUT2D eigenvalue weighted by Gasteiger charge is 2.32. The van der Waals surface area contributed by atoms with Gasteiger partial charge in [0.05, 0.1) is 6.54 Å². The molecule has 0 saturated heterocycles. The molecule has 4 nitrogen and oxygen atoms in total. The van der Waals surface area contributed by atoms with Crippen molar-refractivity contribution in [1.82, 2.24) is 4.90 Å². The van der Waals surface area contributed by atoms with E-state index in [1.165, 1.54) is 11.1 Å². The Morgan fingerprint density at radius 3 is 2.68 bits per heavy atom. The molecule has 0 aromatic heterocycles. The predicted molar refractivity (Wildman–Crippen MR) is 76.4 cm³/mol. The minimum atomic E-state index is -0.269. The SMILES string of the molecule is CCCCN(CC(N)=O)C1CC(N)c2ccccc21. The maximum absolute atomic E-state index is 11.3. The summed E-state index contributed by atoms with van der Waals surface area (Å²) in [5, 5.41) is 0. The van der Waals surface area contributed by atoms with Crippen molar-refractivity contribution in [2.75, 3.05) is 13.1 Å². The number of nitrogens with zero attached hydrogens (tertiary/aromatic N) is 1. The molecular weight excluding hydrogens is 238 g/mol. The molecule has 4 heteroatoms. The van der Waals surface area contributed by atoms with Gasteiger partial charge in [-0.25, -0.2) is 0 Å². The predicted octanol–water partition coefficient (Wildman–Crippen LogP) is 1.72. The van der Waals surface area contributed by atoms with E-state index in [1.54, 1.807) is 0 Å². The molecule has 104 valence electrons. The first-order valence-electron chi connectivity index (χ1n) is 7.00. The van der Waals surface area contributed by atoms with Crippen molar-refractivity contribution < 1.29 is 4.79 Å². The number of nitrogens with two attached hydrogens (primary N) is 2. The highest BCUT2D eigenvalue weighted by atomic mass is 16.1. The second-order valence-corrected chi connectivity index (χ2v) is 5.28. The zero-order valence-corrected chi connectivity index (χ0v) is 11.5. The van der Waals surface area contributed by atoms with Crippen LogP contribution in [0.15, 0.2) is 24.3 Å². The summed E-state index contributed by atoms with van der Waals surface area (Å²) in [6.45, 7) is 3.35. The number of hydrogen-bond acceptors (Lipinski definition) is 3. The molecule has 19 heavy (non-hydrogen) atoms. The van der Waals surface area contributed by atoms with Gasteiger partial charge < -0.3 is 11.5 Å². The Hall–Kier alpha value is -1.39. The third-order valence-electron chi connectivity index (χ3n) is 3.83. The number of benzene rings is 1. The lowest BCUT2D eigenvalue weighted by atomic mass is 10.1. The van der Waals surface area contributed by atoms with Gasteiger partial charge >= 0.3 is 0 Å². The van der Waals surface area contributed by atoms with Crippen molar-refractivity contribution in [3.63, 3.8) is 0 Å². The first-order valence-corrected chi connectivity index (χ1v) is 7.00. The second kappa shape index (κ2) is 6.17. The van der Waals surface area contributed by atoms with Crippen LogP contribution in [0.4, 0.5) is 0 Å². The molecule has 0 bridgehead atoms. The average Bonchev–Trinajstić information content (AvgIpc) is 2.72. The fourth-order valence-electron chi connectivity index (χ4n) is 2.90. The van der Waals surface area contributed by atoms with Crippen molar-refractivity contribution in [3.05, 3.63) is 35.4 Å². The highest BCUT2D eigenvalue weighted by molar-refractivity contribution is 5.76. The van der Waals surface area contributed by atoms with Gasteiger partial charge in [0.2, 0.25) is 5.91 Å². The first-order chi connectivity index (χ1) is 9.13. The van der Waals surface area contributed by atoms with Gasteiger partial charge in [-0.3, -0.25) is 9.69 Å². The molecule has 1 aromatic rings. The standard InChI is InChI=1S/C15H23N3O/c1-2-3-8-18(10-15(17)19)14-9-13(16)11-6-4-5-7-12(11)14/h4-7,13-14H,2-3,8-10,16H2,1H3,(H2,17,19). The van der Waals surface area contributed by atoms with Crippen LogP contribution in [0.25, 0.3) is 0 Å². The van der Waals surface area contributed by atoms with Gasteiger partial charge in [0, 0.05) is 12.1 Å². The summed E-state index contributed by atoms with van der Waals surface area (Å²) in [5.41, 5.74) is 14.0. The number of fused-ring (bicyclic) bond motifs is 1. The van der Waals surface area contributed by atoms with Crippen molar-refractivity contribution in [1.29, 1.82) is 0 Å². The van der Waals surface area contributed by atoms with E-state index in [0.29, 0.717) is 6.54 Å². The number of unbranched alkanes of at least 4 members (excludes halogenated alkanes) is 1. The van der Waals surface area contributed by atoms with Gasteiger partial charge in [0.25, 0.3) is 0 Å². The lowest BCUT2D eigenvalue weighted by molar-refractivity contribution is -0.119. The molecule has 1 aliphatic rings. The van der Waals surface area contributed by atoms with Crippen LogP contribution in [-0.4, -0.2) is 23.9 Å². The van der Waals surface area contributed by atoms with Crippen LogP contribution in [0.5, 0.6) is 0 Å². The van der Waals surface area contributed by atoms with Crippen LogP contribution in [0, 0.1) is 0 Å². The van der Waals surface area contributed by atoms with Gasteiger partial charge in [-0.05, 0) is 30.5 Å². The van der Waals surface area contributed by atoms with Crippen molar-refractivity contribution in [3.8, 4) is 0 Å². The zero-order chi connectivity index (χ0) is 13.8. The maximum atomic E-state index is 11.3. The highest BCUT2D eigenvalue weighted by Crippen LogP contribution is 2.40. The smallest absolute Gasteiger partial charge is 0.231 e. The van der Waals surface area contributed by atoms with Crippen LogP contribution in [0.2, 0.25) is 0 Å². The Labute approximate surface area is 114 Å². The molecule has 2 unspecified atom stereocenters. The fraction of sp³-hybridized carbons (Fsp3) is 0.533. The topological polar surface area (TPSA) is 72.3 Å². The summed E-state index contributed by atoms with van der Waals surface area (Å²) in [4.78, 5) is 13.5. The molecule has 1 aromatic carbocycles. The zero-order valence-electron chi connectivity index (χ0n) is 11.5. The molecule has 4 N–H and O–H groups in total. The Morgan fingerprint density at radius 2 is 2.05 bits per heavy atom. The normalized spacial score (nSPS) is 21.6. The number of rotatable bonds is 6. The molecular formula is C15H23N3O. The monoisotopic (exact) mass is 261 g/mol. The fourth-order valence-corrected chi connectivity index (χ4v) is 2.90. The van der Waals surface area contributed by atoms with Crippen molar-refractivity contribution >= 4 is 5.91 Å². The molecule has 0 radical (unpaired) electrons. The van der Waals surface area contributed by atoms with Crippen LogP contribution in [0.1, 0.15) is 49.4 Å². The van der Waals surface area contributed by atoms with Crippen molar-refractivity contribution in [2.45, 2.75) is 38.3 Å². The molecule has 1 aliphatic carbocycles. The molecule has 0 heterocycles. The minimum absolute atomic E-state index is 0.0678. The molecule has 0 spiro atoms. The van der Waals surface area contributed by atoms with E-state index >= 15 is 0 Å². The lowest BCUT2D eigenvalue weighted by Crippen LogP contribution is -2.37. The Balaban J connectivity index is 2.20. The van der Waals surface area contributed by atoms with Crippen LogP contribution in [-0.2, 0) is 4.79 Å². The Bertz CT molecular complexity index is 447. The van der Waals surface area contributed by atoms with Gasteiger partial charge in [-0.15, -0.1) is 0 Å². The average molecular weight is 261 g/mol. The quantitative estimate of drug-likeness (QED) is 0.819. The third-order valence-corrected chi connectivity index (χ3v) is 3.83. The van der Waals surface area contributed by atoms with Gasteiger partial charge in [0.15, 0.2) is 0 Å². The van der Waals surface area contributed by atoms with Gasteiger partial charge in [-0.1, -0.05) is 37.6 Å². The molecule has 2 rings (SSSR count). The first kappa shape index (κ1) is 14.0. The number of carbonyl (C=O) groups is 1. The number of hydrogen-bond donors (Lipinski definition) is 2. The van der Waals surface area contributed by atoms with E-state index in [0.717, 1.165) is 25.8 Å². The summed E-state index contributed by atoms with van der Waals surface area (Å²) in [5.74, 6) is -0.269. The summed E-state index contributed by atoms with van der Waals surface area (Å²) >= 11 is 0. The Morgan fingerprint density at radius 1 is 1.37 bits per heavy atom. The van der Waals surface area contributed by atoms with Crippen molar-refractivity contribution in [2.24, 2.45) is 11.5 Å². The molecule has 0 fully saturated rings. The van der Waals surface area contributed by atoms with E-state index in [-0.39, 0.29) is 18.0 Å². The van der Waals surface area contributed by atoms with E-state index in [9.17, 15) is 4.79 Å². The molecule has 2 atom stereocenters. The van der Waals surface area contributed by atoms with E-state index < -0.39 is 0 Å². The van der Waals surface area contributed by atoms with Gasteiger partial charge in [0.1, 0.15) is 0 Å². The van der Waals surface area contributed by atoms with E-state index in [4.69, 9.17) is 11.5 Å². The number of amides is 1. The summed E-state index contributed by atoms with van der Waals surface area (Å²) in [6, 6.07) is 8.55. The molecule has 0 saturated carbocycles. The summed E-state index contributed by atoms with van der Waals surface area (Å²) < 4.78 is 0. The number of carbonyl (C=O) groups excluding carboxylic acids is 1. The maximum Gasteiger partial charge on any atom is 0.231 e. The third kappa shape index (κ3) is 3.14. The van der Waals surface area contributed by atoms with Crippen LogP contribution >= 0.6 is 0 Å². The van der Waals surface area contributed by atoms with E-state index in [1.807, 2.05) is 12.1 Å². The molecule has 0 aliphatic heterocycles. The summed E-state index contributed by atoms with van der Waals surface area (Å²) in [6.07, 6.45) is 3.05. The Kier molecular flexibility index (Phi) is 4.56. The second-order valence-electron chi connectivity index (χ2n) is 5.28. The van der Waals surface area contributed by atoms with E-state index in [2.05, 4.69) is 24.0 Å². The summed E-state index contributed by atoms with van der Waals surface area (Å²) in [7, 11) is 0. The lowest BCUT2D eigenvalue weighted by Gasteiger charge is -2.28. The van der Waals surface area contributed by atoms with Crippen LogP contribution in [0.3, 0.4) is 0 Å². The van der Waals surface area contributed by atoms with Gasteiger partial charge in [-0.2, -0.15) is 0 Å². The minimum Gasteiger partial charge on any atom is -0.369 e. The molecule has 1 amide bonds. The number of primary amides is 1. The largest absolute Gasteiger partial charge is 0.369 e. The van der Waals surface area contributed by atoms with Crippen LogP contribution < -0.4 is 11.5 Å².